The fraction of sp³-hybridized carbons (Fsp3) is 0.636. The van der Waals surface area contributed by atoms with Crippen molar-refractivity contribution in [3.8, 4) is 0 Å². The molecular weight excluding hydrogens is 400 g/mol. The van der Waals surface area contributed by atoms with Crippen LogP contribution in [-0.2, 0) is 11.3 Å². The number of hydrogen-bond donors (Lipinski definition) is 2. The Bertz CT molecular complexity index is 732. The maximum Gasteiger partial charge on any atom is 0.222 e. The zero-order chi connectivity index (χ0) is 21.3. The smallest absolute Gasteiger partial charge is 0.222 e. The third-order valence-electron chi connectivity index (χ3n) is 5.75. The second-order valence-electron chi connectivity index (χ2n) is 7.99. The second kappa shape index (κ2) is 11.4. The van der Waals surface area contributed by atoms with Gasteiger partial charge in [0.15, 0.2) is 5.96 Å². The maximum absolute atomic E-state index is 11.7. The summed E-state index contributed by atoms with van der Waals surface area (Å²) in [5.41, 5.74) is 2.26. The number of likely N-dealkylation sites (tertiary alicyclic amines) is 1. The molecule has 2 saturated heterocycles. The summed E-state index contributed by atoms with van der Waals surface area (Å²) in [6.45, 7) is 9.98. The molecular formula is C22H35ClN6O. The molecule has 0 bridgehead atoms. The van der Waals surface area contributed by atoms with Crippen molar-refractivity contribution in [3.63, 3.8) is 0 Å². The number of anilines is 1. The Morgan fingerprint density at radius 2 is 1.97 bits per heavy atom. The normalized spacial score (nSPS) is 18.2. The molecule has 8 heteroatoms. The van der Waals surface area contributed by atoms with Crippen LogP contribution >= 0.6 is 11.6 Å². The van der Waals surface area contributed by atoms with Gasteiger partial charge in [0.05, 0.1) is 6.54 Å². The Kier molecular flexibility index (Phi) is 8.63. The molecule has 2 aliphatic rings. The number of guanidine groups is 1. The first kappa shape index (κ1) is 22.7. The van der Waals surface area contributed by atoms with E-state index in [1.54, 1.807) is 0 Å². The largest absolute Gasteiger partial charge is 0.369 e. The Morgan fingerprint density at radius 3 is 2.67 bits per heavy atom. The van der Waals surface area contributed by atoms with Gasteiger partial charge in [-0.15, -0.1) is 0 Å². The number of amides is 1. The lowest BCUT2D eigenvalue weighted by Gasteiger charge is -2.35. The van der Waals surface area contributed by atoms with Gasteiger partial charge in [-0.1, -0.05) is 17.7 Å². The third-order valence-corrected chi connectivity index (χ3v) is 6.10. The Hall–Kier alpha value is -1.99. The minimum Gasteiger partial charge on any atom is -0.369 e. The molecule has 3 rings (SSSR count). The van der Waals surface area contributed by atoms with Crippen molar-refractivity contribution < 1.29 is 4.79 Å². The molecule has 2 fully saturated rings. The van der Waals surface area contributed by atoms with Crippen LogP contribution in [0.2, 0.25) is 5.02 Å². The highest BCUT2D eigenvalue weighted by molar-refractivity contribution is 6.31. The van der Waals surface area contributed by atoms with E-state index >= 15 is 0 Å². The highest BCUT2D eigenvalue weighted by Gasteiger charge is 2.20. The summed E-state index contributed by atoms with van der Waals surface area (Å²) in [6.07, 6.45) is 2.60. The Balaban J connectivity index is 1.59. The van der Waals surface area contributed by atoms with E-state index in [-0.39, 0.29) is 5.91 Å². The van der Waals surface area contributed by atoms with Crippen LogP contribution < -0.4 is 15.5 Å². The van der Waals surface area contributed by atoms with Gasteiger partial charge in [0.25, 0.3) is 0 Å². The summed E-state index contributed by atoms with van der Waals surface area (Å²) in [5, 5.41) is 7.46. The number of aliphatic imine (C=N–C) groups is 1. The van der Waals surface area contributed by atoms with Gasteiger partial charge in [-0.2, -0.15) is 0 Å². The van der Waals surface area contributed by atoms with Crippen molar-refractivity contribution in [2.75, 3.05) is 64.3 Å². The van der Waals surface area contributed by atoms with Crippen molar-refractivity contribution in [3.05, 3.63) is 28.8 Å². The summed E-state index contributed by atoms with van der Waals surface area (Å²) >= 11 is 6.57. The quantitative estimate of drug-likeness (QED) is 0.373. The Morgan fingerprint density at radius 1 is 1.17 bits per heavy atom. The number of carbonyl (C=O) groups excluding carboxylic acids is 1. The van der Waals surface area contributed by atoms with Crippen LogP contribution in [0.1, 0.15) is 31.7 Å². The molecule has 166 valence electrons. The van der Waals surface area contributed by atoms with Gasteiger partial charge in [0.2, 0.25) is 5.91 Å². The SMILES string of the molecule is CCNC(=NCc1c(Cl)cccc1N1CCN(C)CC1)NCCCN1CCCC1=O. The second-order valence-corrected chi connectivity index (χ2v) is 8.39. The standard InChI is InChI=1S/C22H35ClN6O/c1-3-24-22(25-10-6-12-29-11-5-9-21(29)30)26-17-18-19(23)7-4-8-20(18)28-15-13-27(2)14-16-28/h4,7-8H,3,5-6,9-17H2,1-2H3,(H2,24,25,26). The van der Waals surface area contributed by atoms with E-state index in [0.717, 1.165) is 81.7 Å². The molecule has 7 nitrogen and oxygen atoms in total. The van der Waals surface area contributed by atoms with Crippen LogP contribution in [0.3, 0.4) is 0 Å². The summed E-state index contributed by atoms with van der Waals surface area (Å²) in [4.78, 5) is 23.2. The third kappa shape index (κ3) is 6.25. The molecule has 0 saturated carbocycles. The lowest BCUT2D eigenvalue weighted by molar-refractivity contribution is -0.127. The predicted molar refractivity (Wildman–Crippen MR) is 124 cm³/mol. The predicted octanol–water partition coefficient (Wildman–Crippen LogP) is 2.16. The highest BCUT2D eigenvalue weighted by atomic mass is 35.5. The number of nitrogens with zero attached hydrogens (tertiary/aromatic N) is 4. The number of rotatable bonds is 8. The lowest BCUT2D eigenvalue weighted by atomic mass is 10.1. The van der Waals surface area contributed by atoms with Crippen LogP contribution in [0.25, 0.3) is 0 Å². The van der Waals surface area contributed by atoms with E-state index in [4.69, 9.17) is 16.6 Å². The van der Waals surface area contributed by atoms with Gasteiger partial charge < -0.3 is 25.3 Å². The summed E-state index contributed by atoms with van der Waals surface area (Å²) in [7, 11) is 2.16. The number of nitrogens with one attached hydrogen (secondary N) is 2. The summed E-state index contributed by atoms with van der Waals surface area (Å²) in [5.74, 6) is 1.07. The molecule has 1 aromatic carbocycles. The molecule has 2 heterocycles. The number of likely N-dealkylation sites (N-methyl/N-ethyl adjacent to an activating group) is 1. The molecule has 30 heavy (non-hydrogen) atoms. The van der Waals surface area contributed by atoms with Crippen LogP contribution in [0.4, 0.5) is 5.69 Å². The molecule has 0 unspecified atom stereocenters. The Labute approximate surface area is 185 Å². The molecule has 0 atom stereocenters. The van der Waals surface area contributed by atoms with Crippen molar-refractivity contribution in [1.29, 1.82) is 0 Å². The van der Waals surface area contributed by atoms with Crippen molar-refractivity contribution in [2.45, 2.75) is 32.7 Å². The van der Waals surface area contributed by atoms with E-state index in [1.165, 1.54) is 5.69 Å². The number of halogens is 1. The zero-order valence-electron chi connectivity index (χ0n) is 18.3. The summed E-state index contributed by atoms with van der Waals surface area (Å²) in [6, 6.07) is 6.11. The first-order chi connectivity index (χ1) is 14.6. The van der Waals surface area contributed by atoms with Gasteiger partial charge in [-0.05, 0) is 38.9 Å². The van der Waals surface area contributed by atoms with Crippen LogP contribution in [-0.4, -0.2) is 81.1 Å². The van der Waals surface area contributed by atoms with E-state index in [9.17, 15) is 4.79 Å². The zero-order valence-corrected chi connectivity index (χ0v) is 19.0. The molecule has 1 aromatic rings. The minimum absolute atomic E-state index is 0.283. The van der Waals surface area contributed by atoms with Crippen molar-refractivity contribution in [1.82, 2.24) is 20.4 Å². The number of benzene rings is 1. The summed E-state index contributed by atoms with van der Waals surface area (Å²) < 4.78 is 0. The fourth-order valence-electron chi connectivity index (χ4n) is 3.96. The van der Waals surface area contributed by atoms with Crippen molar-refractivity contribution in [2.24, 2.45) is 4.99 Å². The molecule has 0 aromatic heterocycles. The minimum atomic E-state index is 0.283. The lowest BCUT2D eigenvalue weighted by Crippen LogP contribution is -2.44. The van der Waals surface area contributed by atoms with Crippen LogP contribution in [0.15, 0.2) is 23.2 Å². The molecule has 2 N–H and O–H groups in total. The van der Waals surface area contributed by atoms with Gasteiger partial charge in [0.1, 0.15) is 0 Å². The number of carbonyl (C=O) groups is 1. The molecule has 0 aliphatic carbocycles. The van der Waals surface area contributed by atoms with E-state index in [1.807, 2.05) is 17.0 Å². The van der Waals surface area contributed by atoms with E-state index < -0.39 is 0 Å². The number of piperazine rings is 1. The van der Waals surface area contributed by atoms with Gasteiger partial charge in [0, 0.05) is 75.1 Å². The average Bonchev–Trinajstić information content (AvgIpc) is 3.15. The first-order valence-electron chi connectivity index (χ1n) is 11.1. The average molecular weight is 435 g/mol. The molecule has 0 spiro atoms. The molecule has 1 amide bonds. The van der Waals surface area contributed by atoms with Crippen molar-refractivity contribution >= 4 is 29.2 Å². The highest BCUT2D eigenvalue weighted by Crippen LogP contribution is 2.29. The van der Waals surface area contributed by atoms with Gasteiger partial charge in [-0.3, -0.25) is 4.79 Å². The van der Waals surface area contributed by atoms with Gasteiger partial charge in [-0.25, -0.2) is 4.99 Å². The molecule has 0 radical (unpaired) electrons. The number of hydrogen-bond acceptors (Lipinski definition) is 4. The van der Waals surface area contributed by atoms with E-state index in [0.29, 0.717) is 13.0 Å². The first-order valence-corrected chi connectivity index (χ1v) is 11.5. The monoisotopic (exact) mass is 434 g/mol. The van der Waals surface area contributed by atoms with Crippen LogP contribution in [0.5, 0.6) is 0 Å². The topological polar surface area (TPSA) is 63.2 Å². The van der Waals surface area contributed by atoms with Gasteiger partial charge >= 0.3 is 0 Å². The fourth-order valence-corrected chi connectivity index (χ4v) is 4.19. The molecule has 2 aliphatic heterocycles. The van der Waals surface area contributed by atoms with E-state index in [2.05, 4.69) is 40.5 Å². The van der Waals surface area contributed by atoms with Crippen LogP contribution in [0, 0.1) is 0 Å². The maximum atomic E-state index is 11.7.